The number of rotatable bonds is 3. The van der Waals surface area contributed by atoms with Crippen LogP contribution in [0.2, 0.25) is 0 Å². The summed E-state index contributed by atoms with van der Waals surface area (Å²) in [5.41, 5.74) is 1.12. The van der Waals surface area contributed by atoms with E-state index >= 15 is 0 Å². The van der Waals surface area contributed by atoms with Crippen LogP contribution in [-0.4, -0.2) is 25.5 Å². The molecule has 0 radical (unpaired) electrons. The van der Waals surface area contributed by atoms with Crippen LogP contribution in [0, 0.1) is 0 Å². The molecule has 1 heterocycles. The maximum absolute atomic E-state index is 4.39. The van der Waals surface area contributed by atoms with Gasteiger partial charge in [0, 0.05) is 12.2 Å². The Hall–Kier alpha value is -1.77. The minimum absolute atomic E-state index is 0.756. The van der Waals surface area contributed by atoms with E-state index in [2.05, 4.69) is 39.9 Å². The Labute approximate surface area is 89.9 Å². The summed E-state index contributed by atoms with van der Waals surface area (Å²) in [5, 5.41) is 6.57. The smallest absolute Gasteiger partial charge is 0.116 e. The molecule has 0 amide bonds. The molecule has 3 nitrogen and oxygen atoms in total. The fourth-order valence-electron chi connectivity index (χ4n) is 1.41. The zero-order valence-electron chi connectivity index (χ0n) is 8.61. The van der Waals surface area contributed by atoms with Gasteiger partial charge in [0.1, 0.15) is 5.84 Å². The molecule has 0 aromatic heterocycles. The van der Waals surface area contributed by atoms with E-state index in [4.69, 9.17) is 0 Å². The van der Waals surface area contributed by atoms with Gasteiger partial charge < -0.3 is 10.6 Å². The van der Waals surface area contributed by atoms with Gasteiger partial charge in [-0.05, 0) is 12.1 Å². The molecule has 0 saturated heterocycles. The number of nitrogens with one attached hydrogen (secondary N) is 2. The van der Waals surface area contributed by atoms with Crippen molar-refractivity contribution >= 4 is 11.5 Å². The van der Waals surface area contributed by atoms with Gasteiger partial charge in [-0.1, -0.05) is 30.4 Å². The predicted molar refractivity (Wildman–Crippen MR) is 64.4 cm³/mol. The number of hydrogen-bond acceptors (Lipinski definition) is 3. The second-order valence-corrected chi connectivity index (χ2v) is 3.36. The second kappa shape index (κ2) is 5.20. The summed E-state index contributed by atoms with van der Waals surface area (Å²) < 4.78 is 0. The molecule has 1 aromatic carbocycles. The third-order valence-electron chi connectivity index (χ3n) is 2.21. The first-order valence-electron chi connectivity index (χ1n) is 5.16. The van der Waals surface area contributed by atoms with Crippen LogP contribution in [0.1, 0.15) is 0 Å². The van der Waals surface area contributed by atoms with Crippen molar-refractivity contribution in [1.29, 1.82) is 0 Å². The van der Waals surface area contributed by atoms with Gasteiger partial charge in [0.05, 0.1) is 13.1 Å². The molecule has 78 valence electrons. The number of benzene rings is 1. The van der Waals surface area contributed by atoms with E-state index in [0.717, 1.165) is 31.2 Å². The molecule has 0 aliphatic carbocycles. The zero-order chi connectivity index (χ0) is 10.3. The maximum atomic E-state index is 4.39. The standard InChI is InChI=1S/C12H15N3/c1-2-6-11(7-3-1)15-10-12-13-8-4-5-9-14-12/h1-7,15H,8-10H2,(H,13,14). The van der Waals surface area contributed by atoms with Crippen molar-refractivity contribution in [3.05, 3.63) is 42.5 Å². The van der Waals surface area contributed by atoms with Crippen LogP contribution in [-0.2, 0) is 0 Å². The molecule has 3 heteroatoms. The van der Waals surface area contributed by atoms with Crippen LogP contribution in [0.4, 0.5) is 5.69 Å². The lowest BCUT2D eigenvalue weighted by atomic mass is 10.3. The molecule has 0 atom stereocenters. The zero-order valence-corrected chi connectivity index (χ0v) is 8.61. The van der Waals surface area contributed by atoms with Crippen LogP contribution in [0.15, 0.2) is 47.5 Å². The third-order valence-corrected chi connectivity index (χ3v) is 2.21. The highest BCUT2D eigenvalue weighted by Crippen LogP contribution is 2.03. The number of anilines is 1. The highest BCUT2D eigenvalue weighted by Gasteiger charge is 1.98. The van der Waals surface area contributed by atoms with Crippen LogP contribution >= 0.6 is 0 Å². The Morgan fingerprint density at radius 1 is 1.20 bits per heavy atom. The van der Waals surface area contributed by atoms with E-state index in [-0.39, 0.29) is 0 Å². The highest BCUT2D eigenvalue weighted by molar-refractivity contribution is 5.86. The first-order valence-corrected chi connectivity index (χ1v) is 5.16. The molecule has 0 saturated carbocycles. The summed E-state index contributed by atoms with van der Waals surface area (Å²) in [7, 11) is 0. The summed E-state index contributed by atoms with van der Waals surface area (Å²) in [6.45, 7) is 2.40. The number of hydrogen-bond donors (Lipinski definition) is 2. The van der Waals surface area contributed by atoms with Gasteiger partial charge >= 0.3 is 0 Å². The summed E-state index contributed by atoms with van der Waals surface area (Å²) in [6.07, 6.45) is 4.17. The summed E-state index contributed by atoms with van der Waals surface area (Å²) >= 11 is 0. The van der Waals surface area contributed by atoms with Crippen molar-refractivity contribution in [2.24, 2.45) is 4.99 Å². The molecule has 1 aliphatic rings. The van der Waals surface area contributed by atoms with Gasteiger partial charge in [-0.15, -0.1) is 0 Å². The van der Waals surface area contributed by atoms with Crippen molar-refractivity contribution in [3.8, 4) is 0 Å². The van der Waals surface area contributed by atoms with Crippen molar-refractivity contribution in [3.63, 3.8) is 0 Å². The molecule has 0 bridgehead atoms. The average molecular weight is 201 g/mol. The molecule has 2 N–H and O–H groups in total. The van der Waals surface area contributed by atoms with Gasteiger partial charge in [-0.2, -0.15) is 0 Å². The molecule has 0 unspecified atom stereocenters. The molecule has 0 fully saturated rings. The van der Waals surface area contributed by atoms with Crippen LogP contribution in [0.5, 0.6) is 0 Å². The first kappa shape index (κ1) is 9.77. The topological polar surface area (TPSA) is 36.4 Å². The predicted octanol–water partition coefficient (Wildman–Crippen LogP) is 1.66. The summed E-state index contributed by atoms with van der Waals surface area (Å²) in [4.78, 5) is 4.39. The fourth-order valence-corrected chi connectivity index (χ4v) is 1.41. The molecule has 1 aliphatic heterocycles. The lowest BCUT2D eigenvalue weighted by Crippen LogP contribution is -2.29. The van der Waals surface area contributed by atoms with Gasteiger partial charge in [0.25, 0.3) is 0 Å². The van der Waals surface area contributed by atoms with Crippen LogP contribution < -0.4 is 10.6 Å². The number of para-hydroxylation sites is 1. The lowest BCUT2D eigenvalue weighted by molar-refractivity contribution is 1.02. The van der Waals surface area contributed by atoms with Crippen molar-refractivity contribution in [1.82, 2.24) is 5.32 Å². The average Bonchev–Trinajstić information content (AvgIpc) is 2.56. The van der Waals surface area contributed by atoms with Crippen molar-refractivity contribution in [2.75, 3.05) is 25.0 Å². The molecular formula is C12H15N3. The van der Waals surface area contributed by atoms with Gasteiger partial charge in [0.15, 0.2) is 0 Å². The second-order valence-electron chi connectivity index (χ2n) is 3.36. The molecule has 2 rings (SSSR count). The fraction of sp³-hybridized carbons (Fsp3) is 0.250. The Bertz CT molecular complexity index is 354. The summed E-state index contributed by atoms with van der Waals surface area (Å²) in [5.74, 6) is 1.02. The minimum atomic E-state index is 0.756. The maximum Gasteiger partial charge on any atom is 0.116 e. The van der Waals surface area contributed by atoms with Crippen LogP contribution in [0.25, 0.3) is 0 Å². The van der Waals surface area contributed by atoms with E-state index in [1.54, 1.807) is 0 Å². The largest absolute Gasteiger partial charge is 0.378 e. The molecule has 1 aromatic rings. The molecular weight excluding hydrogens is 186 g/mol. The number of amidine groups is 1. The van der Waals surface area contributed by atoms with Gasteiger partial charge in [-0.25, -0.2) is 0 Å². The number of nitrogens with zero attached hydrogens (tertiary/aromatic N) is 1. The van der Waals surface area contributed by atoms with Crippen molar-refractivity contribution in [2.45, 2.75) is 0 Å². The Kier molecular flexibility index (Phi) is 3.38. The molecule has 15 heavy (non-hydrogen) atoms. The normalized spacial score (nSPS) is 15.1. The van der Waals surface area contributed by atoms with E-state index in [0.29, 0.717) is 0 Å². The Morgan fingerprint density at radius 2 is 2.07 bits per heavy atom. The molecule has 0 spiro atoms. The minimum Gasteiger partial charge on any atom is -0.378 e. The van der Waals surface area contributed by atoms with Gasteiger partial charge in [-0.3, -0.25) is 4.99 Å². The first-order chi connectivity index (χ1) is 7.45. The van der Waals surface area contributed by atoms with Crippen LogP contribution in [0.3, 0.4) is 0 Å². The van der Waals surface area contributed by atoms with E-state index in [9.17, 15) is 0 Å². The quantitative estimate of drug-likeness (QED) is 0.730. The third kappa shape index (κ3) is 3.13. The summed E-state index contributed by atoms with van der Waals surface area (Å²) in [6, 6.07) is 10.2. The Morgan fingerprint density at radius 3 is 2.93 bits per heavy atom. The SMILES string of the molecule is C1=CCNC(CNc2ccccc2)=NC1. The van der Waals surface area contributed by atoms with Crippen molar-refractivity contribution < 1.29 is 0 Å². The number of aliphatic imine (C=N–C) groups is 1. The van der Waals surface area contributed by atoms with Gasteiger partial charge in [0.2, 0.25) is 0 Å². The van der Waals surface area contributed by atoms with E-state index in [1.165, 1.54) is 0 Å². The van der Waals surface area contributed by atoms with E-state index in [1.807, 2.05) is 18.2 Å². The van der Waals surface area contributed by atoms with E-state index < -0.39 is 0 Å². The monoisotopic (exact) mass is 201 g/mol. The Balaban J connectivity index is 1.86. The highest BCUT2D eigenvalue weighted by atomic mass is 15.0. The lowest BCUT2D eigenvalue weighted by Gasteiger charge is -2.09.